The van der Waals surface area contributed by atoms with Crippen LogP contribution < -0.4 is 0 Å². The minimum absolute atomic E-state index is 0.820. The van der Waals surface area contributed by atoms with Crippen molar-refractivity contribution >= 4 is 0 Å². The highest BCUT2D eigenvalue weighted by atomic mass is 14.4. The van der Waals surface area contributed by atoms with Crippen molar-refractivity contribution in [1.29, 1.82) is 0 Å². The van der Waals surface area contributed by atoms with Gasteiger partial charge in [0, 0.05) is 0 Å². The van der Waals surface area contributed by atoms with E-state index in [0.29, 0.717) is 0 Å². The van der Waals surface area contributed by atoms with Crippen molar-refractivity contribution in [3.8, 4) is 0 Å². The first-order valence-corrected chi connectivity index (χ1v) is 14.4. The van der Waals surface area contributed by atoms with Gasteiger partial charge in [0.25, 0.3) is 0 Å². The molecule has 3 saturated carbocycles. The second kappa shape index (κ2) is 13.3. The fraction of sp³-hybridized carbons (Fsp3) is 0.871. The molecule has 178 valence electrons. The Morgan fingerprint density at radius 1 is 0.613 bits per heavy atom. The van der Waals surface area contributed by atoms with Crippen molar-refractivity contribution in [2.24, 2.45) is 47.3 Å². The van der Waals surface area contributed by atoms with E-state index < -0.39 is 0 Å². The molecule has 1 unspecified atom stereocenters. The Morgan fingerprint density at radius 2 is 1.06 bits per heavy atom. The normalized spacial score (nSPS) is 36.4. The fourth-order valence-corrected chi connectivity index (χ4v) is 6.71. The van der Waals surface area contributed by atoms with Crippen molar-refractivity contribution in [2.75, 3.05) is 0 Å². The van der Waals surface area contributed by atoms with E-state index in [9.17, 15) is 0 Å². The van der Waals surface area contributed by atoms with Crippen LogP contribution in [0.2, 0.25) is 0 Å². The van der Waals surface area contributed by atoms with Crippen LogP contribution in [0.3, 0.4) is 0 Å². The zero-order chi connectivity index (χ0) is 22.1. The maximum Gasteiger partial charge on any atom is -0.0233 e. The lowest BCUT2D eigenvalue weighted by Crippen LogP contribution is -2.25. The van der Waals surface area contributed by atoms with Crippen molar-refractivity contribution in [3.63, 3.8) is 0 Å². The highest BCUT2D eigenvalue weighted by Crippen LogP contribution is 2.42. The lowest BCUT2D eigenvalue weighted by molar-refractivity contribution is 0.166. The molecule has 0 saturated heterocycles. The summed E-state index contributed by atoms with van der Waals surface area (Å²) in [5.74, 6) is 7.39. The van der Waals surface area contributed by atoms with Crippen LogP contribution in [-0.2, 0) is 0 Å². The third kappa shape index (κ3) is 8.74. The molecule has 3 aliphatic rings. The molecule has 0 spiro atoms. The molecule has 0 heterocycles. The summed E-state index contributed by atoms with van der Waals surface area (Å²) in [4.78, 5) is 0. The first kappa shape index (κ1) is 25.1. The van der Waals surface area contributed by atoms with Crippen LogP contribution in [-0.4, -0.2) is 0 Å². The molecule has 0 nitrogen and oxygen atoms in total. The monoisotopic (exact) mass is 426 g/mol. The maximum atomic E-state index is 2.64. The van der Waals surface area contributed by atoms with Gasteiger partial charge in [-0.3, -0.25) is 0 Å². The second-order valence-corrected chi connectivity index (χ2v) is 12.3. The van der Waals surface area contributed by atoms with E-state index in [1.165, 1.54) is 96.3 Å². The largest absolute Gasteiger partial charge is 0.0852 e. The first-order chi connectivity index (χ1) is 15.0. The van der Waals surface area contributed by atoms with Gasteiger partial charge in [-0.25, -0.2) is 0 Å². The Labute approximate surface area is 195 Å². The summed E-state index contributed by atoms with van der Waals surface area (Å²) < 4.78 is 0. The average molecular weight is 427 g/mol. The van der Waals surface area contributed by atoms with Crippen LogP contribution >= 0.6 is 0 Å². The highest BCUT2D eigenvalue weighted by Gasteiger charge is 2.30. The molecule has 0 amide bonds. The molecule has 0 aliphatic heterocycles. The standard InChI is InChI=1S/C31H54/c1-5-26(9-6-24(2)3)12-13-28-16-20-30(21-17-28)31-22-18-29(19-23-31)15-14-27-10-7-25(4)8-11-27/h12-15,24-31H,5-11,16-23H2,1-4H3/b13-12+,15-14+. The summed E-state index contributed by atoms with van der Waals surface area (Å²) in [7, 11) is 0. The molecule has 0 bridgehead atoms. The predicted molar refractivity (Wildman–Crippen MR) is 138 cm³/mol. The van der Waals surface area contributed by atoms with Gasteiger partial charge in [0.15, 0.2) is 0 Å². The Bertz CT molecular complexity index is 516. The van der Waals surface area contributed by atoms with E-state index in [1.807, 2.05) is 0 Å². The molecular weight excluding hydrogens is 372 g/mol. The van der Waals surface area contributed by atoms with Crippen LogP contribution in [0.4, 0.5) is 0 Å². The van der Waals surface area contributed by atoms with Crippen LogP contribution in [0.5, 0.6) is 0 Å². The van der Waals surface area contributed by atoms with Gasteiger partial charge in [-0.15, -0.1) is 0 Å². The summed E-state index contributed by atoms with van der Waals surface area (Å²) in [6, 6.07) is 0. The summed E-state index contributed by atoms with van der Waals surface area (Å²) >= 11 is 0. The van der Waals surface area contributed by atoms with Gasteiger partial charge < -0.3 is 0 Å². The van der Waals surface area contributed by atoms with Gasteiger partial charge in [-0.1, -0.05) is 71.3 Å². The Hall–Kier alpha value is -0.520. The molecular formula is C31H54. The quantitative estimate of drug-likeness (QED) is 0.322. The molecule has 0 radical (unpaired) electrons. The summed E-state index contributed by atoms with van der Waals surface area (Å²) in [5.41, 5.74) is 0. The number of rotatable bonds is 9. The van der Waals surface area contributed by atoms with Gasteiger partial charge >= 0.3 is 0 Å². The summed E-state index contributed by atoms with van der Waals surface area (Å²) in [6.45, 7) is 9.52. The number of hydrogen-bond donors (Lipinski definition) is 0. The zero-order valence-corrected chi connectivity index (χ0v) is 21.5. The molecule has 0 aromatic heterocycles. The summed E-state index contributed by atoms with van der Waals surface area (Å²) in [6.07, 6.45) is 32.3. The van der Waals surface area contributed by atoms with Crippen molar-refractivity contribution in [3.05, 3.63) is 24.3 Å². The topological polar surface area (TPSA) is 0 Å². The molecule has 0 N–H and O–H groups in total. The number of allylic oxidation sites excluding steroid dienone is 4. The second-order valence-electron chi connectivity index (χ2n) is 12.3. The molecule has 3 aliphatic carbocycles. The molecule has 0 aromatic carbocycles. The number of hydrogen-bond acceptors (Lipinski definition) is 0. The van der Waals surface area contributed by atoms with Crippen molar-refractivity contribution in [1.82, 2.24) is 0 Å². The van der Waals surface area contributed by atoms with E-state index in [0.717, 1.165) is 47.3 Å². The Balaban J connectivity index is 1.33. The molecule has 1 atom stereocenters. The lowest BCUT2D eigenvalue weighted by Gasteiger charge is -2.37. The van der Waals surface area contributed by atoms with Gasteiger partial charge in [-0.05, 0) is 124 Å². The van der Waals surface area contributed by atoms with E-state index in [4.69, 9.17) is 0 Å². The van der Waals surface area contributed by atoms with E-state index in [2.05, 4.69) is 52.0 Å². The molecule has 0 aromatic rings. The van der Waals surface area contributed by atoms with Crippen molar-refractivity contribution in [2.45, 2.75) is 124 Å². The molecule has 3 rings (SSSR count). The van der Waals surface area contributed by atoms with E-state index >= 15 is 0 Å². The van der Waals surface area contributed by atoms with Crippen LogP contribution in [0, 0.1) is 47.3 Å². The minimum Gasteiger partial charge on any atom is -0.0852 e. The maximum absolute atomic E-state index is 2.64. The van der Waals surface area contributed by atoms with Crippen LogP contribution in [0.1, 0.15) is 124 Å². The third-order valence-corrected chi connectivity index (χ3v) is 9.31. The predicted octanol–water partition coefficient (Wildman–Crippen LogP) is 10.0. The zero-order valence-electron chi connectivity index (χ0n) is 21.5. The van der Waals surface area contributed by atoms with Gasteiger partial charge in [0.1, 0.15) is 0 Å². The SMILES string of the molecule is CCC(/C=C/C1CCC(C2CCC(/C=C/C3CCC(C)CC3)CC2)CC1)CCC(C)C. The van der Waals surface area contributed by atoms with E-state index in [1.54, 1.807) is 0 Å². The minimum atomic E-state index is 0.820. The smallest absolute Gasteiger partial charge is 0.0233 e. The first-order valence-electron chi connectivity index (χ1n) is 14.4. The van der Waals surface area contributed by atoms with Crippen LogP contribution in [0.25, 0.3) is 0 Å². The molecule has 3 fully saturated rings. The Kier molecular flexibility index (Phi) is 10.7. The Morgan fingerprint density at radius 3 is 1.52 bits per heavy atom. The van der Waals surface area contributed by atoms with E-state index in [-0.39, 0.29) is 0 Å². The molecule has 0 heteroatoms. The highest BCUT2D eigenvalue weighted by molar-refractivity contribution is 4.98. The molecule has 31 heavy (non-hydrogen) atoms. The fourth-order valence-electron chi connectivity index (χ4n) is 6.71. The van der Waals surface area contributed by atoms with Crippen molar-refractivity contribution < 1.29 is 0 Å². The average Bonchev–Trinajstić information content (AvgIpc) is 2.79. The van der Waals surface area contributed by atoms with Gasteiger partial charge in [0.05, 0.1) is 0 Å². The van der Waals surface area contributed by atoms with Gasteiger partial charge in [-0.2, -0.15) is 0 Å². The third-order valence-electron chi connectivity index (χ3n) is 9.31. The summed E-state index contributed by atoms with van der Waals surface area (Å²) in [5, 5.41) is 0. The van der Waals surface area contributed by atoms with Crippen LogP contribution in [0.15, 0.2) is 24.3 Å². The van der Waals surface area contributed by atoms with Gasteiger partial charge in [0.2, 0.25) is 0 Å². The lowest BCUT2D eigenvalue weighted by atomic mass is 9.69.